The van der Waals surface area contributed by atoms with Crippen molar-refractivity contribution < 1.29 is 19.0 Å². The fourth-order valence-corrected chi connectivity index (χ4v) is 1.59. The van der Waals surface area contributed by atoms with Crippen LogP contribution in [0.25, 0.3) is 0 Å². The number of esters is 1. The zero-order valence-corrected chi connectivity index (χ0v) is 9.46. The van der Waals surface area contributed by atoms with E-state index < -0.39 is 16.6 Å². The first-order chi connectivity index (χ1) is 6.07. The molecule has 13 heavy (non-hydrogen) atoms. The Morgan fingerprint density at radius 3 is 2.15 bits per heavy atom. The predicted octanol–water partition coefficient (Wildman–Crippen LogP) is -0.129. The highest BCUT2D eigenvalue weighted by Crippen LogP contribution is 2.23. The standard InChI is InChI=1S/C7H14BrNO4/c1-11-6(10)5(8)7(4-9,12-2)13-3/h5H,4,9H2,1-3H3. The molecule has 0 aliphatic rings. The highest BCUT2D eigenvalue weighted by Gasteiger charge is 2.42. The molecular weight excluding hydrogens is 242 g/mol. The second-order valence-corrected chi connectivity index (χ2v) is 3.23. The molecule has 2 N–H and O–H groups in total. The van der Waals surface area contributed by atoms with Gasteiger partial charge in [0.05, 0.1) is 7.11 Å². The van der Waals surface area contributed by atoms with Crippen molar-refractivity contribution in [2.45, 2.75) is 10.6 Å². The number of rotatable bonds is 5. The molecule has 1 atom stereocenters. The van der Waals surface area contributed by atoms with Gasteiger partial charge in [0.15, 0.2) is 4.83 Å². The summed E-state index contributed by atoms with van der Waals surface area (Å²) in [5.41, 5.74) is 5.43. The van der Waals surface area contributed by atoms with E-state index in [1.807, 2.05) is 0 Å². The summed E-state index contributed by atoms with van der Waals surface area (Å²) < 4.78 is 14.6. The summed E-state index contributed by atoms with van der Waals surface area (Å²) in [5.74, 6) is -1.67. The van der Waals surface area contributed by atoms with Crippen LogP contribution in [0.15, 0.2) is 0 Å². The van der Waals surface area contributed by atoms with E-state index >= 15 is 0 Å². The third kappa shape index (κ3) is 2.63. The second-order valence-electron chi connectivity index (χ2n) is 2.31. The highest BCUT2D eigenvalue weighted by atomic mass is 79.9. The van der Waals surface area contributed by atoms with Crippen molar-refractivity contribution >= 4 is 21.9 Å². The fourth-order valence-electron chi connectivity index (χ4n) is 0.843. The zero-order valence-electron chi connectivity index (χ0n) is 7.87. The van der Waals surface area contributed by atoms with Gasteiger partial charge in [-0.2, -0.15) is 0 Å². The maximum absolute atomic E-state index is 11.2. The molecule has 0 aromatic heterocycles. The number of hydrogen-bond acceptors (Lipinski definition) is 5. The topological polar surface area (TPSA) is 70.8 Å². The van der Waals surface area contributed by atoms with Gasteiger partial charge in [-0.05, 0) is 0 Å². The molecule has 0 aromatic rings. The van der Waals surface area contributed by atoms with E-state index in [4.69, 9.17) is 15.2 Å². The summed E-state index contributed by atoms with van der Waals surface area (Å²) >= 11 is 3.10. The monoisotopic (exact) mass is 255 g/mol. The summed E-state index contributed by atoms with van der Waals surface area (Å²) in [6, 6.07) is 0. The van der Waals surface area contributed by atoms with Gasteiger partial charge < -0.3 is 19.9 Å². The van der Waals surface area contributed by atoms with Gasteiger partial charge in [-0.3, -0.25) is 4.79 Å². The van der Waals surface area contributed by atoms with Gasteiger partial charge in [0, 0.05) is 20.8 Å². The predicted molar refractivity (Wildman–Crippen MR) is 50.5 cm³/mol. The molecule has 0 aliphatic heterocycles. The molecule has 0 saturated heterocycles. The summed E-state index contributed by atoms with van der Waals surface area (Å²) in [6.07, 6.45) is 0. The number of alkyl halides is 1. The van der Waals surface area contributed by atoms with E-state index in [0.29, 0.717) is 0 Å². The van der Waals surface area contributed by atoms with Crippen LogP contribution in [-0.2, 0) is 19.0 Å². The number of halogens is 1. The Morgan fingerprint density at radius 1 is 1.46 bits per heavy atom. The van der Waals surface area contributed by atoms with Crippen LogP contribution < -0.4 is 5.73 Å². The summed E-state index contributed by atoms with van der Waals surface area (Å²) in [7, 11) is 4.10. The molecule has 78 valence electrons. The van der Waals surface area contributed by atoms with Gasteiger partial charge in [-0.1, -0.05) is 15.9 Å². The smallest absolute Gasteiger partial charge is 0.325 e. The molecule has 6 heteroatoms. The van der Waals surface area contributed by atoms with Gasteiger partial charge >= 0.3 is 5.97 Å². The molecule has 5 nitrogen and oxygen atoms in total. The largest absolute Gasteiger partial charge is 0.468 e. The SMILES string of the molecule is COC(=O)C(Br)C(CN)(OC)OC. The first-order valence-corrected chi connectivity index (χ1v) is 4.51. The van der Waals surface area contributed by atoms with Crippen molar-refractivity contribution in [3.8, 4) is 0 Å². The average Bonchev–Trinajstić information content (AvgIpc) is 2.20. The number of methoxy groups -OCH3 is 3. The maximum Gasteiger partial charge on any atom is 0.325 e. The van der Waals surface area contributed by atoms with E-state index in [-0.39, 0.29) is 6.54 Å². The molecular formula is C7H14BrNO4. The van der Waals surface area contributed by atoms with E-state index in [0.717, 1.165) is 0 Å². The van der Waals surface area contributed by atoms with Crippen LogP contribution in [-0.4, -0.2) is 44.5 Å². The average molecular weight is 256 g/mol. The third-order valence-corrected chi connectivity index (χ3v) is 2.84. The van der Waals surface area contributed by atoms with E-state index in [9.17, 15) is 4.79 Å². The lowest BCUT2D eigenvalue weighted by Crippen LogP contribution is -2.52. The molecule has 0 bridgehead atoms. The molecule has 0 aliphatic carbocycles. The van der Waals surface area contributed by atoms with Gasteiger partial charge in [-0.15, -0.1) is 0 Å². The van der Waals surface area contributed by atoms with Crippen molar-refractivity contribution in [1.29, 1.82) is 0 Å². The Kier molecular flexibility index (Phi) is 5.46. The molecule has 0 rings (SSSR count). The Labute approximate surface area is 85.6 Å². The first-order valence-electron chi connectivity index (χ1n) is 3.60. The van der Waals surface area contributed by atoms with E-state index in [2.05, 4.69) is 20.7 Å². The van der Waals surface area contributed by atoms with Crippen molar-refractivity contribution in [2.75, 3.05) is 27.9 Å². The fraction of sp³-hybridized carbons (Fsp3) is 0.857. The summed E-state index contributed by atoms with van der Waals surface area (Å²) in [6.45, 7) is 0.0466. The van der Waals surface area contributed by atoms with Crippen LogP contribution in [0.5, 0.6) is 0 Å². The molecule has 0 fully saturated rings. The molecule has 0 heterocycles. The number of nitrogens with two attached hydrogens (primary N) is 1. The molecule has 0 amide bonds. The van der Waals surface area contributed by atoms with Gasteiger partial charge in [0.2, 0.25) is 5.79 Å². The first kappa shape index (κ1) is 12.8. The maximum atomic E-state index is 11.2. The van der Waals surface area contributed by atoms with Gasteiger partial charge in [0.25, 0.3) is 0 Å². The highest BCUT2D eigenvalue weighted by molar-refractivity contribution is 9.10. The van der Waals surface area contributed by atoms with Crippen LogP contribution in [0.1, 0.15) is 0 Å². The number of carbonyl (C=O) groups is 1. The zero-order chi connectivity index (χ0) is 10.5. The van der Waals surface area contributed by atoms with Gasteiger partial charge in [0.1, 0.15) is 0 Å². The summed E-state index contributed by atoms with van der Waals surface area (Å²) in [5, 5.41) is 0. The normalized spacial score (nSPS) is 13.9. The van der Waals surface area contributed by atoms with Crippen molar-refractivity contribution in [3.63, 3.8) is 0 Å². The Morgan fingerprint density at radius 2 is 1.92 bits per heavy atom. The minimum absolute atomic E-state index is 0.0466. The number of carbonyl (C=O) groups excluding carboxylic acids is 1. The van der Waals surface area contributed by atoms with Crippen LogP contribution in [0.4, 0.5) is 0 Å². The lowest BCUT2D eigenvalue weighted by Gasteiger charge is -2.32. The molecule has 0 saturated carbocycles. The minimum atomic E-state index is -1.17. The van der Waals surface area contributed by atoms with E-state index in [1.54, 1.807) is 0 Å². The Balaban J connectivity index is 4.62. The number of hydrogen-bond donors (Lipinski definition) is 1. The second kappa shape index (κ2) is 5.54. The van der Waals surface area contributed by atoms with E-state index in [1.165, 1.54) is 21.3 Å². The molecule has 0 spiro atoms. The quantitative estimate of drug-likeness (QED) is 0.421. The lowest BCUT2D eigenvalue weighted by atomic mass is 10.2. The molecule has 1 unspecified atom stereocenters. The lowest BCUT2D eigenvalue weighted by molar-refractivity contribution is -0.204. The van der Waals surface area contributed by atoms with Crippen molar-refractivity contribution in [3.05, 3.63) is 0 Å². The minimum Gasteiger partial charge on any atom is -0.468 e. The van der Waals surface area contributed by atoms with Crippen molar-refractivity contribution in [1.82, 2.24) is 0 Å². The molecule has 0 aromatic carbocycles. The van der Waals surface area contributed by atoms with Crippen molar-refractivity contribution in [2.24, 2.45) is 5.73 Å². The molecule has 0 radical (unpaired) electrons. The van der Waals surface area contributed by atoms with Gasteiger partial charge in [-0.25, -0.2) is 0 Å². The third-order valence-electron chi connectivity index (χ3n) is 1.77. The van der Waals surface area contributed by atoms with Crippen LogP contribution in [0, 0.1) is 0 Å². The Bertz CT molecular complexity index is 164. The Hall–Kier alpha value is -0.170. The van der Waals surface area contributed by atoms with Crippen LogP contribution >= 0.6 is 15.9 Å². The van der Waals surface area contributed by atoms with Crippen LogP contribution in [0.3, 0.4) is 0 Å². The summed E-state index contributed by atoms with van der Waals surface area (Å²) in [4.78, 5) is 10.4. The van der Waals surface area contributed by atoms with Crippen LogP contribution in [0.2, 0.25) is 0 Å². The number of ether oxygens (including phenoxy) is 3.